The van der Waals surface area contributed by atoms with E-state index in [4.69, 9.17) is 9.47 Å². The number of H-pyrrole nitrogens is 1. The predicted octanol–water partition coefficient (Wildman–Crippen LogP) is 3.38. The lowest BCUT2D eigenvalue weighted by Gasteiger charge is -2.33. The second-order valence-corrected chi connectivity index (χ2v) is 8.73. The summed E-state index contributed by atoms with van der Waals surface area (Å²) in [6, 6.07) is 8.64. The maximum Gasteiger partial charge on any atom is 0.231 e. The SMILES string of the molecule is COc1ccc2c(c1)C[C@H](C(=O)Nc1cc(F)c(-c3cn[nH]c3)cc1N1CCC(O)CC1)CO2. The summed E-state index contributed by atoms with van der Waals surface area (Å²) >= 11 is 0. The highest BCUT2D eigenvalue weighted by molar-refractivity contribution is 5.97. The fraction of sp³-hybridized carbons (Fsp3) is 0.360. The Hall–Kier alpha value is -3.59. The highest BCUT2D eigenvalue weighted by Crippen LogP contribution is 2.37. The Morgan fingerprint density at radius 2 is 2.12 bits per heavy atom. The standard InChI is InChI=1S/C25H27FN4O4/c1-33-19-2-3-24-15(9-19)8-16(14-34-24)25(32)29-22-11-21(26)20(17-12-27-28-13-17)10-23(22)30-6-4-18(31)5-7-30/h2-3,9-13,16,18,31H,4-8,14H2,1H3,(H,27,28)(H,29,32)/t16-/m0/s1. The quantitative estimate of drug-likeness (QED) is 0.533. The molecule has 1 amide bonds. The van der Waals surface area contributed by atoms with Gasteiger partial charge in [0, 0.05) is 36.5 Å². The molecule has 2 aliphatic heterocycles. The fourth-order valence-electron chi connectivity index (χ4n) is 4.55. The maximum absolute atomic E-state index is 15.1. The summed E-state index contributed by atoms with van der Waals surface area (Å²) in [6.45, 7) is 1.46. The van der Waals surface area contributed by atoms with Gasteiger partial charge in [-0.2, -0.15) is 5.10 Å². The van der Waals surface area contributed by atoms with Crippen LogP contribution in [-0.4, -0.2) is 54.1 Å². The molecule has 0 aliphatic carbocycles. The maximum atomic E-state index is 15.1. The van der Waals surface area contributed by atoms with Crippen LogP contribution >= 0.6 is 0 Å². The van der Waals surface area contributed by atoms with Crippen molar-refractivity contribution in [2.45, 2.75) is 25.4 Å². The Balaban J connectivity index is 1.42. The number of methoxy groups -OCH3 is 1. The second kappa shape index (κ2) is 9.34. The molecule has 5 rings (SSSR count). The average Bonchev–Trinajstić information content (AvgIpc) is 3.39. The highest BCUT2D eigenvalue weighted by Gasteiger charge is 2.29. The van der Waals surface area contributed by atoms with Gasteiger partial charge in [-0.3, -0.25) is 9.89 Å². The molecule has 3 aromatic rings. The van der Waals surface area contributed by atoms with Crippen molar-refractivity contribution in [3.8, 4) is 22.6 Å². The zero-order chi connectivity index (χ0) is 23.7. The van der Waals surface area contributed by atoms with Gasteiger partial charge in [0.2, 0.25) is 5.91 Å². The molecule has 3 heterocycles. The number of anilines is 2. The molecule has 178 valence electrons. The number of carbonyl (C=O) groups excluding carboxylic acids is 1. The molecule has 0 saturated carbocycles. The molecule has 3 N–H and O–H groups in total. The van der Waals surface area contributed by atoms with E-state index < -0.39 is 11.7 Å². The first-order valence-electron chi connectivity index (χ1n) is 11.4. The lowest BCUT2D eigenvalue weighted by Crippen LogP contribution is -2.37. The van der Waals surface area contributed by atoms with E-state index in [1.165, 1.54) is 6.07 Å². The number of hydrogen-bond acceptors (Lipinski definition) is 6. The number of hydrogen-bond donors (Lipinski definition) is 3. The molecule has 1 saturated heterocycles. The lowest BCUT2D eigenvalue weighted by atomic mass is 9.95. The molecule has 2 aliphatic rings. The van der Waals surface area contributed by atoms with Crippen molar-refractivity contribution in [3.05, 3.63) is 54.1 Å². The van der Waals surface area contributed by atoms with Gasteiger partial charge in [-0.25, -0.2) is 4.39 Å². The normalized spacial score (nSPS) is 18.2. The van der Waals surface area contributed by atoms with Crippen molar-refractivity contribution in [1.29, 1.82) is 0 Å². The third-order valence-electron chi connectivity index (χ3n) is 6.50. The van der Waals surface area contributed by atoms with Crippen LogP contribution < -0.4 is 19.7 Å². The number of benzene rings is 2. The van der Waals surface area contributed by atoms with Gasteiger partial charge in [-0.1, -0.05) is 0 Å². The minimum Gasteiger partial charge on any atom is -0.497 e. The first-order chi connectivity index (χ1) is 16.5. The number of rotatable bonds is 5. The number of nitrogens with one attached hydrogen (secondary N) is 2. The van der Waals surface area contributed by atoms with Crippen LogP contribution in [0.15, 0.2) is 42.7 Å². The van der Waals surface area contributed by atoms with E-state index in [-0.39, 0.29) is 18.6 Å². The van der Waals surface area contributed by atoms with Crippen LogP contribution in [0.4, 0.5) is 15.8 Å². The zero-order valence-electron chi connectivity index (χ0n) is 18.9. The van der Waals surface area contributed by atoms with E-state index in [2.05, 4.69) is 20.4 Å². The van der Waals surface area contributed by atoms with Crippen LogP contribution in [0.2, 0.25) is 0 Å². The molecular weight excluding hydrogens is 439 g/mol. The van der Waals surface area contributed by atoms with Crippen molar-refractivity contribution in [1.82, 2.24) is 10.2 Å². The van der Waals surface area contributed by atoms with Gasteiger partial charge in [0.25, 0.3) is 0 Å². The average molecular weight is 467 g/mol. The van der Waals surface area contributed by atoms with Gasteiger partial charge in [-0.05, 0) is 49.1 Å². The summed E-state index contributed by atoms with van der Waals surface area (Å²) < 4.78 is 26.2. The van der Waals surface area contributed by atoms with Crippen LogP contribution in [0.3, 0.4) is 0 Å². The summed E-state index contributed by atoms with van der Waals surface area (Å²) in [6.07, 6.45) is 4.57. The van der Waals surface area contributed by atoms with E-state index in [0.29, 0.717) is 54.9 Å². The molecule has 0 unspecified atom stereocenters. The molecule has 1 aromatic heterocycles. The third kappa shape index (κ3) is 4.43. The van der Waals surface area contributed by atoms with Gasteiger partial charge in [0.1, 0.15) is 23.9 Å². The molecule has 8 nitrogen and oxygen atoms in total. The predicted molar refractivity (Wildman–Crippen MR) is 126 cm³/mol. The van der Waals surface area contributed by atoms with E-state index in [1.807, 2.05) is 18.2 Å². The summed E-state index contributed by atoms with van der Waals surface area (Å²) in [5.74, 6) is 0.338. The Morgan fingerprint density at radius 3 is 2.85 bits per heavy atom. The number of piperidine rings is 1. The van der Waals surface area contributed by atoms with Crippen molar-refractivity contribution >= 4 is 17.3 Å². The topological polar surface area (TPSA) is 99.7 Å². The van der Waals surface area contributed by atoms with E-state index >= 15 is 4.39 Å². The molecule has 2 aromatic carbocycles. The largest absolute Gasteiger partial charge is 0.497 e. The molecule has 0 radical (unpaired) electrons. The number of aromatic amines is 1. The summed E-state index contributed by atoms with van der Waals surface area (Å²) in [5, 5.41) is 19.5. The molecule has 1 fully saturated rings. The molecular formula is C25H27FN4O4. The summed E-state index contributed by atoms with van der Waals surface area (Å²) in [4.78, 5) is 15.3. The number of ether oxygens (including phenoxy) is 2. The second-order valence-electron chi connectivity index (χ2n) is 8.73. The minimum atomic E-state index is -0.451. The van der Waals surface area contributed by atoms with Crippen LogP contribution in [-0.2, 0) is 11.2 Å². The lowest BCUT2D eigenvalue weighted by molar-refractivity contribution is -0.121. The molecule has 9 heteroatoms. The molecule has 1 atom stereocenters. The first-order valence-corrected chi connectivity index (χ1v) is 11.4. The number of aromatic nitrogens is 2. The molecule has 34 heavy (non-hydrogen) atoms. The number of halogens is 1. The van der Waals surface area contributed by atoms with Gasteiger partial charge in [0.15, 0.2) is 0 Å². The van der Waals surface area contributed by atoms with Crippen molar-refractivity contribution in [2.24, 2.45) is 5.92 Å². The van der Waals surface area contributed by atoms with Gasteiger partial charge in [-0.15, -0.1) is 0 Å². The molecule has 0 spiro atoms. The van der Waals surface area contributed by atoms with E-state index in [9.17, 15) is 9.90 Å². The Kier molecular flexibility index (Phi) is 6.10. The Morgan fingerprint density at radius 1 is 1.29 bits per heavy atom. The molecule has 0 bridgehead atoms. The van der Waals surface area contributed by atoms with E-state index in [1.54, 1.807) is 25.6 Å². The fourth-order valence-corrected chi connectivity index (χ4v) is 4.55. The van der Waals surface area contributed by atoms with Gasteiger partial charge in [0.05, 0.1) is 36.7 Å². The summed E-state index contributed by atoms with van der Waals surface area (Å²) in [7, 11) is 1.60. The zero-order valence-corrected chi connectivity index (χ0v) is 18.9. The number of aliphatic hydroxyl groups is 1. The first kappa shape index (κ1) is 22.2. The minimum absolute atomic E-state index is 0.234. The van der Waals surface area contributed by atoms with Crippen molar-refractivity contribution < 1.29 is 23.8 Å². The number of nitrogens with zero attached hydrogens (tertiary/aromatic N) is 2. The van der Waals surface area contributed by atoms with Crippen LogP contribution in [0.25, 0.3) is 11.1 Å². The number of amides is 1. The number of fused-ring (bicyclic) bond motifs is 1. The van der Waals surface area contributed by atoms with Crippen molar-refractivity contribution in [3.63, 3.8) is 0 Å². The van der Waals surface area contributed by atoms with Crippen LogP contribution in [0, 0.1) is 11.7 Å². The Labute approximate surface area is 196 Å². The smallest absolute Gasteiger partial charge is 0.231 e. The van der Waals surface area contributed by atoms with Gasteiger partial charge < -0.3 is 24.8 Å². The van der Waals surface area contributed by atoms with E-state index in [0.717, 1.165) is 17.0 Å². The van der Waals surface area contributed by atoms with Crippen LogP contribution in [0.5, 0.6) is 11.5 Å². The third-order valence-corrected chi connectivity index (χ3v) is 6.50. The van der Waals surface area contributed by atoms with Crippen LogP contribution in [0.1, 0.15) is 18.4 Å². The Bertz CT molecular complexity index is 1180. The highest BCUT2D eigenvalue weighted by atomic mass is 19.1. The van der Waals surface area contributed by atoms with Gasteiger partial charge >= 0.3 is 0 Å². The summed E-state index contributed by atoms with van der Waals surface area (Å²) in [5.41, 5.74) is 3.05. The number of carbonyl (C=O) groups is 1. The van der Waals surface area contributed by atoms with Crippen molar-refractivity contribution in [2.75, 3.05) is 37.0 Å². The number of aliphatic hydroxyl groups excluding tert-OH is 1. The monoisotopic (exact) mass is 466 g/mol.